The van der Waals surface area contributed by atoms with Crippen molar-refractivity contribution in [2.75, 3.05) is 0 Å². The molecule has 29 heavy (non-hydrogen) atoms. The number of hydrogen-bond donors (Lipinski definition) is 0. The molecule has 0 radical (unpaired) electrons. The van der Waals surface area contributed by atoms with Gasteiger partial charge in [0.25, 0.3) is 0 Å². The fourth-order valence-corrected chi connectivity index (χ4v) is 5.28. The van der Waals surface area contributed by atoms with Crippen LogP contribution in [0.4, 0.5) is 0 Å². The average molecular weight is 378 g/mol. The van der Waals surface area contributed by atoms with Crippen molar-refractivity contribution in [3.05, 3.63) is 71.9 Å². The lowest BCUT2D eigenvalue weighted by Gasteiger charge is -2.12. The largest absolute Gasteiger partial charge is 0.307 e. The first-order valence-corrected chi connectivity index (χ1v) is 10.5. The molecule has 6 aromatic rings. The summed E-state index contributed by atoms with van der Waals surface area (Å²) in [4.78, 5) is 0. The van der Waals surface area contributed by atoms with Crippen molar-refractivity contribution < 1.29 is 4.57 Å². The van der Waals surface area contributed by atoms with Crippen LogP contribution < -0.4 is 4.57 Å². The highest BCUT2D eigenvalue weighted by molar-refractivity contribution is 6.25. The van der Waals surface area contributed by atoms with Gasteiger partial charge in [-0.15, -0.1) is 0 Å². The van der Waals surface area contributed by atoms with Gasteiger partial charge in [-0.05, 0) is 47.9 Å². The normalized spacial score (nSPS) is 12.6. The second-order valence-corrected chi connectivity index (χ2v) is 8.96. The summed E-state index contributed by atoms with van der Waals surface area (Å²) in [5.74, 6) is 0.652. The van der Waals surface area contributed by atoms with Crippen molar-refractivity contribution >= 4 is 49.0 Å². The maximum absolute atomic E-state index is 2.52. The van der Waals surface area contributed by atoms with Gasteiger partial charge >= 0.3 is 0 Å². The molecule has 0 bridgehead atoms. The lowest BCUT2D eigenvalue weighted by Crippen LogP contribution is -2.28. The number of benzene rings is 3. The monoisotopic (exact) mass is 377 g/mol. The fourth-order valence-electron chi connectivity index (χ4n) is 5.28. The summed E-state index contributed by atoms with van der Waals surface area (Å²) in [7, 11) is 2.17. The van der Waals surface area contributed by atoms with Crippen LogP contribution in [-0.4, -0.2) is 4.40 Å². The second-order valence-electron chi connectivity index (χ2n) is 8.96. The number of rotatable bonds is 2. The smallest absolute Gasteiger partial charge is 0.224 e. The maximum atomic E-state index is 2.52. The van der Waals surface area contributed by atoms with Gasteiger partial charge in [0.15, 0.2) is 6.20 Å². The third-order valence-electron chi connectivity index (χ3n) is 6.47. The fraction of sp³-hybridized carbons (Fsp3) is 0.222. The quantitative estimate of drug-likeness (QED) is 0.190. The predicted molar refractivity (Wildman–Crippen MR) is 123 cm³/mol. The molecule has 0 unspecified atom stereocenters. The molecule has 3 aromatic heterocycles. The highest BCUT2D eigenvalue weighted by atomic mass is 14.9. The predicted octanol–water partition coefficient (Wildman–Crippen LogP) is 6.32. The van der Waals surface area contributed by atoms with Crippen LogP contribution in [0.2, 0.25) is 0 Å². The van der Waals surface area contributed by atoms with Gasteiger partial charge in [0.05, 0.1) is 27.3 Å². The molecule has 0 N–H and O–H groups in total. The summed E-state index contributed by atoms with van der Waals surface area (Å²) in [6, 6.07) is 20.6. The minimum Gasteiger partial charge on any atom is -0.307 e. The van der Waals surface area contributed by atoms with Crippen molar-refractivity contribution in [3.63, 3.8) is 0 Å². The third kappa shape index (κ3) is 2.15. The SMILES string of the molecule is Cc1ccc2c3ccc(CC(C)C)cc3n3c4cccc5cc[n+](C)c(c1c23)c54. The Hall–Kier alpha value is -3.13. The van der Waals surface area contributed by atoms with E-state index < -0.39 is 0 Å². The zero-order valence-corrected chi connectivity index (χ0v) is 17.5. The van der Waals surface area contributed by atoms with E-state index in [1.807, 2.05) is 0 Å². The first kappa shape index (κ1) is 16.8. The Balaban J connectivity index is 1.97. The van der Waals surface area contributed by atoms with Gasteiger partial charge in [0.1, 0.15) is 7.05 Å². The van der Waals surface area contributed by atoms with E-state index in [9.17, 15) is 0 Å². The van der Waals surface area contributed by atoms with Gasteiger partial charge < -0.3 is 4.40 Å². The zero-order valence-electron chi connectivity index (χ0n) is 17.5. The van der Waals surface area contributed by atoms with E-state index in [4.69, 9.17) is 0 Å². The van der Waals surface area contributed by atoms with Gasteiger partial charge in [0.2, 0.25) is 5.52 Å². The summed E-state index contributed by atoms with van der Waals surface area (Å²) in [5, 5.41) is 6.73. The van der Waals surface area contributed by atoms with E-state index in [1.165, 1.54) is 60.1 Å². The maximum Gasteiger partial charge on any atom is 0.224 e. The summed E-state index contributed by atoms with van der Waals surface area (Å²) >= 11 is 0. The number of aryl methyl sites for hydroxylation is 2. The zero-order chi connectivity index (χ0) is 19.9. The van der Waals surface area contributed by atoms with Crippen molar-refractivity contribution in [2.45, 2.75) is 27.2 Å². The van der Waals surface area contributed by atoms with Gasteiger partial charge in [0, 0.05) is 16.8 Å². The topological polar surface area (TPSA) is 8.29 Å². The van der Waals surface area contributed by atoms with Crippen LogP contribution in [0.25, 0.3) is 49.0 Å². The van der Waals surface area contributed by atoms with Crippen LogP contribution >= 0.6 is 0 Å². The van der Waals surface area contributed by atoms with E-state index in [0.717, 1.165) is 6.42 Å². The van der Waals surface area contributed by atoms with Crippen molar-refractivity contribution in [3.8, 4) is 0 Å². The first-order valence-electron chi connectivity index (χ1n) is 10.5. The molecule has 0 aliphatic heterocycles. The molecule has 0 fully saturated rings. The van der Waals surface area contributed by atoms with Gasteiger partial charge in [-0.25, -0.2) is 4.57 Å². The first-order chi connectivity index (χ1) is 14.0. The van der Waals surface area contributed by atoms with Crippen molar-refractivity contribution in [2.24, 2.45) is 13.0 Å². The van der Waals surface area contributed by atoms with Crippen molar-refractivity contribution in [1.82, 2.24) is 4.40 Å². The molecule has 6 rings (SSSR count). The Labute approximate surface area is 170 Å². The highest BCUT2D eigenvalue weighted by Crippen LogP contribution is 2.40. The van der Waals surface area contributed by atoms with Gasteiger partial charge in [-0.2, -0.15) is 0 Å². The van der Waals surface area contributed by atoms with E-state index in [-0.39, 0.29) is 0 Å². The van der Waals surface area contributed by atoms with Crippen LogP contribution in [0, 0.1) is 12.8 Å². The lowest BCUT2D eigenvalue weighted by molar-refractivity contribution is -0.643. The molecule has 2 nitrogen and oxygen atoms in total. The molecule has 0 atom stereocenters. The minimum absolute atomic E-state index is 0.652. The van der Waals surface area contributed by atoms with Crippen LogP contribution in [0.1, 0.15) is 25.0 Å². The molecule has 0 amide bonds. The number of aromatic nitrogens is 2. The molecule has 0 aliphatic carbocycles. The minimum atomic E-state index is 0.652. The summed E-state index contributed by atoms with van der Waals surface area (Å²) in [5.41, 5.74) is 8.06. The van der Waals surface area contributed by atoms with E-state index >= 15 is 0 Å². The molecule has 2 heteroatoms. The van der Waals surface area contributed by atoms with Crippen LogP contribution in [0.3, 0.4) is 0 Å². The number of nitrogens with zero attached hydrogens (tertiary/aromatic N) is 2. The molecule has 3 heterocycles. The van der Waals surface area contributed by atoms with E-state index in [1.54, 1.807) is 0 Å². The molecule has 0 saturated heterocycles. The standard InChI is InChI=1S/C27H25N2/c1-16(2)14-18-9-11-20-21-10-8-17(3)24-26(21)29(23(20)15-18)22-7-5-6-19-12-13-28(4)27(24)25(19)22/h5-13,15-16H,14H2,1-4H3/q+1. The molecular weight excluding hydrogens is 352 g/mol. The summed E-state index contributed by atoms with van der Waals surface area (Å²) in [6.45, 7) is 6.83. The number of pyridine rings is 2. The van der Waals surface area contributed by atoms with E-state index in [2.05, 4.69) is 97.6 Å². The Morgan fingerprint density at radius 3 is 2.55 bits per heavy atom. The summed E-state index contributed by atoms with van der Waals surface area (Å²) < 4.78 is 4.81. The highest BCUT2D eigenvalue weighted by Gasteiger charge is 2.23. The Morgan fingerprint density at radius 1 is 0.897 bits per heavy atom. The van der Waals surface area contributed by atoms with Crippen LogP contribution in [-0.2, 0) is 13.5 Å². The van der Waals surface area contributed by atoms with Gasteiger partial charge in [-0.1, -0.05) is 50.2 Å². The number of fused-ring (bicyclic) bond motifs is 5. The molecule has 142 valence electrons. The van der Waals surface area contributed by atoms with Crippen LogP contribution in [0.5, 0.6) is 0 Å². The lowest BCUT2D eigenvalue weighted by atomic mass is 9.99. The molecule has 0 saturated carbocycles. The Kier molecular flexibility index (Phi) is 3.30. The second kappa shape index (κ2) is 5.70. The Morgan fingerprint density at radius 2 is 1.72 bits per heavy atom. The molecular formula is C27H25N2+. The van der Waals surface area contributed by atoms with E-state index in [0.29, 0.717) is 5.92 Å². The number of hydrogen-bond acceptors (Lipinski definition) is 0. The molecule has 0 aliphatic rings. The molecule has 3 aromatic carbocycles. The Bertz CT molecular complexity index is 1570. The van der Waals surface area contributed by atoms with Crippen molar-refractivity contribution in [1.29, 1.82) is 0 Å². The summed E-state index contributed by atoms with van der Waals surface area (Å²) in [6.07, 6.45) is 3.30. The van der Waals surface area contributed by atoms with Crippen LogP contribution in [0.15, 0.2) is 60.8 Å². The molecule has 0 spiro atoms. The average Bonchev–Trinajstić information content (AvgIpc) is 3.02. The third-order valence-corrected chi connectivity index (χ3v) is 6.47. The van der Waals surface area contributed by atoms with Gasteiger partial charge in [-0.3, -0.25) is 0 Å².